The summed E-state index contributed by atoms with van der Waals surface area (Å²) >= 11 is 0. The highest BCUT2D eigenvalue weighted by Gasteiger charge is 2.25. The van der Waals surface area contributed by atoms with Crippen LogP contribution in [0.25, 0.3) is 0 Å². The van der Waals surface area contributed by atoms with Crippen LogP contribution in [0.15, 0.2) is 0 Å². The minimum Gasteiger partial charge on any atom is -0.380 e. The van der Waals surface area contributed by atoms with Crippen LogP contribution in [0.4, 0.5) is 0 Å². The third kappa shape index (κ3) is 2.46. The number of likely N-dealkylation sites (tertiary alicyclic amines) is 1. The molecule has 2 heteroatoms. The van der Waals surface area contributed by atoms with E-state index in [1.54, 1.807) is 0 Å². The Labute approximate surface area is 69.5 Å². The van der Waals surface area contributed by atoms with Gasteiger partial charge in [-0.05, 0) is 26.3 Å². The van der Waals surface area contributed by atoms with Crippen LogP contribution >= 0.6 is 0 Å². The molecule has 0 amide bonds. The summed E-state index contributed by atoms with van der Waals surface area (Å²) in [6.07, 6.45) is 1.30. The smallest absolute Gasteiger partial charge is 0.0621 e. The van der Waals surface area contributed by atoms with Gasteiger partial charge in [0.05, 0.1) is 6.61 Å². The van der Waals surface area contributed by atoms with Crippen LogP contribution in [0.1, 0.15) is 20.3 Å². The van der Waals surface area contributed by atoms with Gasteiger partial charge in [-0.1, -0.05) is 6.92 Å². The number of hydrogen-bond acceptors (Lipinski definition) is 2. The van der Waals surface area contributed by atoms with Crippen molar-refractivity contribution in [1.29, 1.82) is 0 Å². The molecule has 0 radical (unpaired) electrons. The van der Waals surface area contributed by atoms with Gasteiger partial charge in [0.1, 0.15) is 0 Å². The van der Waals surface area contributed by atoms with E-state index in [0.29, 0.717) is 6.04 Å². The zero-order valence-electron chi connectivity index (χ0n) is 7.84. The molecule has 1 aliphatic heterocycles. The molecule has 2 atom stereocenters. The second kappa shape index (κ2) is 4.07. The first kappa shape index (κ1) is 9.01. The lowest BCUT2D eigenvalue weighted by molar-refractivity contribution is 0.0950. The van der Waals surface area contributed by atoms with Crippen LogP contribution < -0.4 is 0 Å². The summed E-state index contributed by atoms with van der Waals surface area (Å²) in [6.45, 7) is 7.36. The predicted molar refractivity (Wildman–Crippen MR) is 46.7 cm³/mol. The van der Waals surface area contributed by atoms with Gasteiger partial charge in [0.15, 0.2) is 0 Å². The molecule has 0 aromatic heterocycles. The van der Waals surface area contributed by atoms with Gasteiger partial charge in [-0.2, -0.15) is 0 Å². The fourth-order valence-electron chi connectivity index (χ4n) is 1.81. The second-order valence-corrected chi connectivity index (χ2v) is 3.59. The maximum absolute atomic E-state index is 5.39. The van der Waals surface area contributed by atoms with Gasteiger partial charge in [0.2, 0.25) is 0 Å². The molecule has 0 spiro atoms. The van der Waals surface area contributed by atoms with Crippen molar-refractivity contribution in [3.05, 3.63) is 0 Å². The molecule has 2 nitrogen and oxygen atoms in total. The van der Waals surface area contributed by atoms with E-state index in [1.807, 2.05) is 0 Å². The Bertz CT molecular complexity index is 116. The van der Waals surface area contributed by atoms with Crippen LogP contribution in [0.5, 0.6) is 0 Å². The number of nitrogens with zero attached hydrogens (tertiary/aromatic N) is 1. The number of hydrogen-bond donors (Lipinski definition) is 0. The van der Waals surface area contributed by atoms with Gasteiger partial charge in [0, 0.05) is 19.2 Å². The summed E-state index contributed by atoms with van der Waals surface area (Å²) in [5.41, 5.74) is 0. The lowest BCUT2D eigenvalue weighted by atomic mass is 10.1. The van der Waals surface area contributed by atoms with Gasteiger partial charge in [-0.25, -0.2) is 0 Å². The van der Waals surface area contributed by atoms with E-state index in [9.17, 15) is 0 Å². The predicted octanol–water partition coefficient (Wildman–Crippen LogP) is 1.36. The monoisotopic (exact) mass is 157 g/mol. The van der Waals surface area contributed by atoms with Crippen molar-refractivity contribution in [2.45, 2.75) is 26.3 Å². The van der Waals surface area contributed by atoms with Crippen molar-refractivity contribution in [3.8, 4) is 0 Å². The fourth-order valence-corrected chi connectivity index (χ4v) is 1.81. The van der Waals surface area contributed by atoms with E-state index in [1.165, 1.54) is 13.0 Å². The minimum absolute atomic E-state index is 0.671. The Morgan fingerprint density at radius 3 is 2.73 bits per heavy atom. The molecule has 0 N–H and O–H groups in total. The molecule has 11 heavy (non-hydrogen) atoms. The third-order valence-corrected chi connectivity index (χ3v) is 2.41. The Morgan fingerprint density at radius 2 is 2.27 bits per heavy atom. The van der Waals surface area contributed by atoms with E-state index >= 15 is 0 Å². The Morgan fingerprint density at radius 1 is 1.55 bits per heavy atom. The zero-order chi connectivity index (χ0) is 8.27. The van der Waals surface area contributed by atoms with Crippen LogP contribution in [-0.4, -0.2) is 37.7 Å². The number of ether oxygens (including phenoxy) is 1. The normalized spacial score (nSPS) is 33.0. The van der Waals surface area contributed by atoms with Crippen molar-refractivity contribution in [1.82, 2.24) is 4.90 Å². The van der Waals surface area contributed by atoms with E-state index in [2.05, 4.69) is 25.8 Å². The molecule has 0 aromatic rings. The van der Waals surface area contributed by atoms with Gasteiger partial charge >= 0.3 is 0 Å². The molecule has 1 fully saturated rings. The highest BCUT2D eigenvalue weighted by Crippen LogP contribution is 2.20. The highest BCUT2D eigenvalue weighted by atomic mass is 16.5. The molecule has 1 aliphatic rings. The van der Waals surface area contributed by atoms with E-state index in [4.69, 9.17) is 4.74 Å². The molecule has 1 saturated heterocycles. The summed E-state index contributed by atoms with van der Waals surface area (Å²) in [4.78, 5) is 2.40. The largest absolute Gasteiger partial charge is 0.380 e. The van der Waals surface area contributed by atoms with Crippen molar-refractivity contribution >= 4 is 0 Å². The Kier molecular flexibility index (Phi) is 3.34. The first-order valence-electron chi connectivity index (χ1n) is 4.52. The molecule has 0 saturated carbocycles. The average Bonchev–Trinajstić information content (AvgIpc) is 2.26. The minimum atomic E-state index is 0.671. The van der Waals surface area contributed by atoms with E-state index in [0.717, 1.165) is 19.1 Å². The van der Waals surface area contributed by atoms with Crippen molar-refractivity contribution < 1.29 is 4.74 Å². The fraction of sp³-hybridized carbons (Fsp3) is 1.00. The van der Waals surface area contributed by atoms with Gasteiger partial charge in [0.25, 0.3) is 0 Å². The third-order valence-electron chi connectivity index (χ3n) is 2.41. The zero-order valence-corrected chi connectivity index (χ0v) is 7.84. The van der Waals surface area contributed by atoms with Gasteiger partial charge in [-0.15, -0.1) is 0 Å². The van der Waals surface area contributed by atoms with Gasteiger partial charge in [-0.3, -0.25) is 0 Å². The molecular weight excluding hydrogens is 138 g/mol. The van der Waals surface area contributed by atoms with Crippen molar-refractivity contribution in [3.63, 3.8) is 0 Å². The summed E-state index contributed by atoms with van der Waals surface area (Å²) in [7, 11) is 2.19. The Balaban J connectivity index is 2.23. The Hall–Kier alpha value is -0.0800. The second-order valence-electron chi connectivity index (χ2n) is 3.59. The maximum atomic E-state index is 5.39. The van der Waals surface area contributed by atoms with E-state index < -0.39 is 0 Å². The van der Waals surface area contributed by atoms with Crippen molar-refractivity contribution in [2.24, 2.45) is 5.92 Å². The highest BCUT2D eigenvalue weighted by molar-refractivity contribution is 4.80. The standard InChI is InChI=1S/C9H19NO/c1-4-11-7-9-5-8(2)6-10(9)3/h8-9H,4-7H2,1-3H3/t8?,9-/m0/s1. The molecule has 1 unspecified atom stereocenters. The van der Waals surface area contributed by atoms with Crippen LogP contribution in [-0.2, 0) is 4.74 Å². The van der Waals surface area contributed by atoms with E-state index in [-0.39, 0.29) is 0 Å². The first-order chi connectivity index (χ1) is 5.24. The summed E-state index contributed by atoms with van der Waals surface area (Å²) < 4.78 is 5.39. The van der Waals surface area contributed by atoms with Gasteiger partial charge < -0.3 is 9.64 Å². The maximum Gasteiger partial charge on any atom is 0.0621 e. The SMILES string of the molecule is CCOC[C@@H]1CC(C)CN1C. The average molecular weight is 157 g/mol. The van der Waals surface area contributed by atoms with Crippen LogP contribution in [0.3, 0.4) is 0 Å². The summed E-state index contributed by atoms with van der Waals surface area (Å²) in [6, 6.07) is 0.671. The molecular formula is C9H19NO. The molecule has 0 aromatic carbocycles. The molecule has 1 rings (SSSR count). The quantitative estimate of drug-likeness (QED) is 0.613. The lowest BCUT2D eigenvalue weighted by Crippen LogP contribution is -2.29. The molecule has 1 heterocycles. The van der Waals surface area contributed by atoms with Crippen molar-refractivity contribution in [2.75, 3.05) is 26.8 Å². The first-order valence-corrected chi connectivity index (χ1v) is 4.52. The summed E-state index contributed by atoms with van der Waals surface area (Å²) in [5.74, 6) is 0.852. The van der Waals surface area contributed by atoms with Crippen LogP contribution in [0.2, 0.25) is 0 Å². The number of likely N-dealkylation sites (N-methyl/N-ethyl adjacent to an activating group) is 1. The summed E-state index contributed by atoms with van der Waals surface area (Å²) in [5, 5.41) is 0. The molecule has 66 valence electrons. The topological polar surface area (TPSA) is 12.5 Å². The lowest BCUT2D eigenvalue weighted by Gasteiger charge is -2.18. The molecule has 0 bridgehead atoms. The number of rotatable bonds is 3. The van der Waals surface area contributed by atoms with Crippen LogP contribution in [0, 0.1) is 5.92 Å². The molecule has 0 aliphatic carbocycles.